The lowest BCUT2D eigenvalue weighted by molar-refractivity contribution is 0.114. The van der Waals surface area contributed by atoms with E-state index < -0.39 is 6.09 Å². The summed E-state index contributed by atoms with van der Waals surface area (Å²) in [7, 11) is 0. The van der Waals surface area contributed by atoms with Gasteiger partial charge < -0.3 is 14.6 Å². The smallest absolute Gasteiger partial charge is 0.407 e. The molecule has 1 N–H and O–H groups in total. The summed E-state index contributed by atoms with van der Waals surface area (Å²) >= 11 is 0. The third-order valence-electron chi connectivity index (χ3n) is 1.43. The van der Waals surface area contributed by atoms with Crippen LogP contribution in [0.5, 0.6) is 0 Å². The fourth-order valence-electron chi connectivity index (χ4n) is 0.915. The number of carbonyl (C=O) groups is 1. The van der Waals surface area contributed by atoms with Crippen molar-refractivity contribution >= 4 is 6.09 Å². The molecular weight excluding hydrogens is 184 g/mol. The molecule has 0 fully saturated rings. The minimum atomic E-state index is -0.450. The van der Waals surface area contributed by atoms with Gasteiger partial charge >= 0.3 is 6.09 Å². The maximum absolute atomic E-state index is 11.0. The summed E-state index contributed by atoms with van der Waals surface area (Å²) in [5.74, 6) is 0.614. The largest absolute Gasteiger partial charge is 0.447 e. The summed E-state index contributed by atoms with van der Waals surface area (Å²) in [6.07, 6.45) is -0.569. The second kappa shape index (κ2) is 4.64. The van der Waals surface area contributed by atoms with Crippen LogP contribution in [0.4, 0.5) is 4.79 Å². The van der Waals surface area contributed by atoms with Gasteiger partial charge in [-0.15, -0.1) is 0 Å². The lowest BCUT2D eigenvalue weighted by Gasteiger charge is -2.07. The lowest BCUT2D eigenvalue weighted by atomic mass is 10.4. The Labute approximate surface area is 82.4 Å². The zero-order valence-corrected chi connectivity index (χ0v) is 8.53. The number of alkyl carbamates (subject to hydrolysis) is 1. The van der Waals surface area contributed by atoms with E-state index in [1.54, 1.807) is 19.9 Å². The molecule has 0 bridgehead atoms. The molecule has 0 saturated carbocycles. The molecule has 5 nitrogen and oxygen atoms in total. The molecule has 0 spiro atoms. The Balaban J connectivity index is 2.30. The normalized spacial score (nSPS) is 10.3. The number of hydrogen-bond donors (Lipinski definition) is 1. The highest BCUT2D eigenvalue weighted by atomic mass is 16.6. The third-order valence-corrected chi connectivity index (χ3v) is 1.43. The Kier molecular flexibility index (Phi) is 3.50. The van der Waals surface area contributed by atoms with E-state index in [1.807, 2.05) is 6.92 Å². The number of hydrogen-bond acceptors (Lipinski definition) is 4. The number of aryl methyl sites for hydroxylation is 1. The van der Waals surface area contributed by atoms with Crippen molar-refractivity contribution in [2.24, 2.45) is 0 Å². The van der Waals surface area contributed by atoms with Crippen LogP contribution in [-0.4, -0.2) is 17.4 Å². The molecule has 0 aliphatic rings. The first-order valence-electron chi connectivity index (χ1n) is 4.44. The van der Waals surface area contributed by atoms with Crippen molar-refractivity contribution < 1.29 is 14.1 Å². The van der Waals surface area contributed by atoms with E-state index in [2.05, 4.69) is 10.5 Å². The van der Waals surface area contributed by atoms with Gasteiger partial charge in [-0.25, -0.2) is 4.79 Å². The topological polar surface area (TPSA) is 64.4 Å². The van der Waals surface area contributed by atoms with Gasteiger partial charge in [0.05, 0.1) is 18.3 Å². The number of ether oxygens (including phenoxy) is 1. The monoisotopic (exact) mass is 198 g/mol. The van der Waals surface area contributed by atoms with Crippen LogP contribution in [0.2, 0.25) is 0 Å². The van der Waals surface area contributed by atoms with Crippen LogP contribution in [0.3, 0.4) is 0 Å². The number of aromatic nitrogens is 1. The SMILES string of the molecule is Cc1cc(CNC(=O)OC(C)C)on1. The molecule has 1 aromatic rings. The minimum Gasteiger partial charge on any atom is -0.447 e. The van der Waals surface area contributed by atoms with E-state index in [0.717, 1.165) is 5.69 Å². The molecule has 1 rings (SSSR count). The summed E-state index contributed by atoms with van der Waals surface area (Å²) in [4.78, 5) is 11.0. The zero-order chi connectivity index (χ0) is 10.6. The third kappa shape index (κ3) is 3.47. The maximum Gasteiger partial charge on any atom is 0.407 e. The molecule has 0 radical (unpaired) electrons. The molecule has 0 saturated heterocycles. The van der Waals surface area contributed by atoms with Crippen LogP contribution < -0.4 is 5.32 Å². The van der Waals surface area contributed by atoms with E-state index in [4.69, 9.17) is 9.26 Å². The molecular formula is C9H14N2O3. The number of rotatable bonds is 3. The van der Waals surface area contributed by atoms with E-state index in [1.165, 1.54) is 0 Å². The lowest BCUT2D eigenvalue weighted by Crippen LogP contribution is -2.26. The number of amides is 1. The Morgan fingerprint density at radius 3 is 2.93 bits per heavy atom. The maximum atomic E-state index is 11.0. The summed E-state index contributed by atoms with van der Waals surface area (Å²) in [5, 5.41) is 6.24. The van der Waals surface area contributed by atoms with Crippen LogP contribution in [0.15, 0.2) is 10.6 Å². The minimum absolute atomic E-state index is 0.119. The molecule has 1 heterocycles. The van der Waals surface area contributed by atoms with Gasteiger partial charge in [0.15, 0.2) is 5.76 Å². The Morgan fingerprint density at radius 2 is 2.43 bits per heavy atom. The molecule has 78 valence electrons. The van der Waals surface area contributed by atoms with Gasteiger partial charge in [-0.3, -0.25) is 0 Å². The highest BCUT2D eigenvalue weighted by Crippen LogP contribution is 2.01. The Hall–Kier alpha value is -1.52. The molecule has 0 atom stereocenters. The quantitative estimate of drug-likeness (QED) is 0.801. The molecule has 1 amide bonds. The van der Waals surface area contributed by atoms with Crippen LogP contribution in [0.1, 0.15) is 25.3 Å². The van der Waals surface area contributed by atoms with Crippen LogP contribution in [0, 0.1) is 6.92 Å². The van der Waals surface area contributed by atoms with E-state index in [0.29, 0.717) is 12.3 Å². The molecule has 0 aliphatic carbocycles. The van der Waals surface area contributed by atoms with Crippen LogP contribution >= 0.6 is 0 Å². The average molecular weight is 198 g/mol. The van der Waals surface area contributed by atoms with Crippen molar-refractivity contribution in [3.05, 3.63) is 17.5 Å². The predicted molar refractivity (Wildman–Crippen MR) is 49.7 cm³/mol. The fourth-order valence-corrected chi connectivity index (χ4v) is 0.915. The number of nitrogens with zero attached hydrogens (tertiary/aromatic N) is 1. The van der Waals surface area contributed by atoms with Gasteiger partial charge in [-0.2, -0.15) is 0 Å². The second-order valence-electron chi connectivity index (χ2n) is 3.24. The van der Waals surface area contributed by atoms with Gasteiger partial charge in [0, 0.05) is 6.07 Å². The van der Waals surface area contributed by atoms with Crippen molar-refractivity contribution in [2.75, 3.05) is 0 Å². The summed E-state index contributed by atoms with van der Waals surface area (Å²) < 4.78 is 9.77. The molecule has 1 aromatic heterocycles. The first-order chi connectivity index (χ1) is 6.58. The molecule has 0 unspecified atom stereocenters. The first kappa shape index (κ1) is 10.6. The van der Waals surface area contributed by atoms with Crippen molar-refractivity contribution in [3.63, 3.8) is 0 Å². The average Bonchev–Trinajstić information content (AvgIpc) is 2.47. The molecule has 0 aromatic carbocycles. The second-order valence-corrected chi connectivity index (χ2v) is 3.24. The van der Waals surface area contributed by atoms with Gasteiger partial charge in [-0.05, 0) is 20.8 Å². The summed E-state index contributed by atoms with van der Waals surface area (Å²) in [6.45, 7) is 5.70. The van der Waals surface area contributed by atoms with E-state index in [-0.39, 0.29) is 6.10 Å². The molecule has 14 heavy (non-hydrogen) atoms. The van der Waals surface area contributed by atoms with E-state index >= 15 is 0 Å². The zero-order valence-electron chi connectivity index (χ0n) is 8.53. The molecule has 5 heteroatoms. The summed E-state index contributed by atoms with van der Waals surface area (Å²) in [6, 6.07) is 1.76. The Bertz CT molecular complexity index is 307. The van der Waals surface area contributed by atoms with Crippen molar-refractivity contribution in [1.82, 2.24) is 10.5 Å². The molecule has 0 aliphatic heterocycles. The van der Waals surface area contributed by atoms with Crippen molar-refractivity contribution in [1.29, 1.82) is 0 Å². The Morgan fingerprint density at radius 1 is 1.71 bits per heavy atom. The predicted octanol–water partition coefficient (Wildman–Crippen LogP) is 1.62. The van der Waals surface area contributed by atoms with Crippen LogP contribution in [0.25, 0.3) is 0 Å². The number of carbonyl (C=O) groups excluding carboxylic acids is 1. The van der Waals surface area contributed by atoms with Crippen molar-refractivity contribution in [3.8, 4) is 0 Å². The van der Waals surface area contributed by atoms with Crippen molar-refractivity contribution in [2.45, 2.75) is 33.4 Å². The van der Waals surface area contributed by atoms with Gasteiger partial charge in [0.1, 0.15) is 0 Å². The van der Waals surface area contributed by atoms with Gasteiger partial charge in [0.25, 0.3) is 0 Å². The summed E-state index contributed by atoms with van der Waals surface area (Å²) in [5.41, 5.74) is 0.791. The highest BCUT2D eigenvalue weighted by molar-refractivity contribution is 5.67. The van der Waals surface area contributed by atoms with E-state index in [9.17, 15) is 4.79 Å². The first-order valence-corrected chi connectivity index (χ1v) is 4.44. The van der Waals surface area contributed by atoms with Gasteiger partial charge in [0.2, 0.25) is 0 Å². The van der Waals surface area contributed by atoms with Gasteiger partial charge in [-0.1, -0.05) is 5.16 Å². The standard InChI is InChI=1S/C9H14N2O3/c1-6(2)13-9(12)10-5-8-4-7(3)11-14-8/h4,6H,5H2,1-3H3,(H,10,12). The fraction of sp³-hybridized carbons (Fsp3) is 0.556. The highest BCUT2D eigenvalue weighted by Gasteiger charge is 2.06. The number of nitrogens with one attached hydrogen (secondary N) is 1. The van der Waals surface area contributed by atoms with Crippen LogP contribution in [-0.2, 0) is 11.3 Å².